The lowest BCUT2D eigenvalue weighted by molar-refractivity contribution is 0.225. The molecule has 2 aromatic rings. The molecule has 0 amide bonds. The van der Waals surface area contributed by atoms with Crippen molar-refractivity contribution >= 4 is 15.9 Å². The standard InChI is InChI=1S/C16H16BrFO/c17-16-10-15(18)7-6-14(16)9-13(11-19)8-12-4-2-1-3-5-12/h1-7,10,13,19H,8-9,11H2. The summed E-state index contributed by atoms with van der Waals surface area (Å²) >= 11 is 3.37. The highest BCUT2D eigenvalue weighted by Gasteiger charge is 2.12. The normalized spacial score (nSPS) is 12.4. The van der Waals surface area contributed by atoms with Gasteiger partial charge in [-0.15, -0.1) is 0 Å². The Labute approximate surface area is 121 Å². The third-order valence-electron chi connectivity index (χ3n) is 3.15. The van der Waals surface area contributed by atoms with Crippen molar-refractivity contribution in [2.24, 2.45) is 5.92 Å². The van der Waals surface area contributed by atoms with Gasteiger partial charge in [-0.1, -0.05) is 52.3 Å². The highest BCUT2D eigenvalue weighted by Crippen LogP contribution is 2.22. The first kappa shape index (κ1) is 14.2. The van der Waals surface area contributed by atoms with Gasteiger partial charge in [-0.3, -0.25) is 0 Å². The van der Waals surface area contributed by atoms with Crippen LogP contribution in [-0.2, 0) is 12.8 Å². The van der Waals surface area contributed by atoms with Crippen LogP contribution < -0.4 is 0 Å². The number of rotatable bonds is 5. The minimum Gasteiger partial charge on any atom is -0.396 e. The first-order chi connectivity index (χ1) is 9.19. The second-order valence-electron chi connectivity index (χ2n) is 4.68. The molecular weight excluding hydrogens is 307 g/mol. The van der Waals surface area contributed by atoms with E-state index in [2.05, 4.69) is 28.1 Å². The molecule has 0 saturated carbocycles. The summed E-state index contributed by atoms with van der Waals surface area (Å²) in [5.74, 6) is -0.108. The third-order valence-corrected chi connectivity index (χ3v) is 3.89. The van der Waals surface area contributed by atoms with Crippen molar-refractivity contribution in [3.63, 3.8) is 0 Å². The van der Waals surface area contributed by atoms with Crippen molar-refractivity contribution in [3.8, 4) is 0 Å². The lowest BCUT2D eigenvalue weighted by atomic mass is 9.93. The van der Waals surface area contributed by atoms with E-state index in [0.29, 0.717) is 0 Å². The fraction of sp³-hybridized carbons (Fsp3) is 0.250. The first-order valence-electron chi connectivity index (χ1n) is 6.27. The second kappa shape index (κ2) is 6.83. The van der Waals surface area contributed by atoms with E-state index in [-0.39, 0.29) is 18.3 Å². The minimum absolute atomic E-state index is 0.124. The molecule has 1 N–H and O–H groups in total. The summed E-state index contributed by atoms with van der Waals surface area (Å²) in [6.45, 7) is 0.124. The Morgan fingerprint density at radius 3 is 2.42 bits per heavy atom. The van der Waals surface area contributed by atoms with Gasteiger partial charge in [0, 0.05) is 11.1 Å². The predicted molar refractivity (Wildman–Crippen MR) is 78.5 cm³/mol. The molecule has 2 aromatic carbocycles. The van der Waals surface area contributed by atoms with Gasteiger partial charge in [0.25, 0.3) is 0 Å². The van der Waals surface area contributed by atoms with E-state index in [1.165, 1.54) is 17.7 Å². The van der Waals surface area contributed by atoms with Gasteiger partial charge >= 0.3 is 0 Å². The molecule has 19 heavy (non-hydrogen) atoms. The Kier molecular flexibility index (Phi) is 5.11. The molecule has 2 rings (SSSR count). The topological polar surface area (TPSA) is 20.2 Å². The zero-order chi connectivity index (χ0) is 13.7. The van der Waals surface area contributed by atoms with Gasteiger partial charge in [-0.05, 0) is 42.0 Å². The fourth-order valence-corrected chi connectivity index (χ4v) is 2.66. The number of hydrogen-bond acceptors (Lipinski definition) is 1. The van der Waals surface area contributed by atoms with Crippen molar-refractivity contribution < 1.29 is 9.50 Å². The molecule has 100 valence electrons. The lowest BCUT2D eigenvalue weighted by Gasteiger charge is -2.15. The Morgan fingerprint density at radius 1 is 1.05 bits per heavy atom. The Balaban J connectivity index is 2.06. The summed E-state index contributed by atoms with van der Waals surface area (Å²) in [5, 5.41) is 9.50. The summed E-state index contributed by atoms with van der Waals surface area (Å²) < 4.78 is 13.8. The van der Waals surface area contributed by atoms with Crippen LogP contribution in [0.1, 0.15) is 11.1 Å². The zero-order valence-electron chi connectivity index (χ0n) is 10.5. The molecule has 0 aliphatic rings. The van der Waals surface area contributed by atoms with Gasteiger partial charge < -0.3 is 5.11 Å². The molecule has 0 fully saturated rings. The van der Waals surface area contributed by atoms with Gasteiger partial charge in [-0.25, -0.2) is 4.39 Å². The summed E-state index contributed by atoms with van der Waals surface area (Å²) in [7, 11) is 0. The summed E-state index contributed by atoms with van der Waals surface area (Å²) in [6, 6.07) is 14.8. The van der Waals surface area contributed by atoms with Crippen LogP contribution in [-0.4, -0.2) is 11.7 Å². The van der Waals surface area contributed by atoms with Gasteiger partial charge in [0.1, 0.15) is 5.82 Å². The van der Waals surface area contributed by atoms with Crippen LogP contribution >= 0.6 is 15.9 Å². The van der Waals surface area contributed by atoms with Crippen LogP contribution in [0, 0.1) is 11.7 Å². The molecule has 0 saturated heterocycles. The van der Waals surface area contributed by atoms with Crippen LogP contribution in [0.4, 0.5) is 4.39 Å². The molecule has 0 aliphatic carbocycles. The summed E-state index contributed by atoms with van der Waals surface area (Å²) in [5.41, 5.74) is 2.23. The molecule has 0 bridgehead atoms. The van der Waals surface area contributed by atoms with Crippen molar-refractivity contribution in [1.82, 2.24) is 0 Å². The van der Waals surface area contributed by atoms with Crippen molar-refractivity contribution in [1.29, 1.82) is 0 Å². The smallest absolute Gasteiger partial charge is 0.124 e. The largest absolute Gasteiger partial charge is 0.396 e. The predicted octanol–water partition coefficient (Wildman–Crippen LogP) is 3.98. The van der Waals surface area contributed by atoms with Crippen molar-refractivity contribution in [2.45, 2.75) is 12.8 Å². The van der Waals surface area contributed by atoms with Crippen LogP contribution in [0.2, 0.25) is 0 Å². The molecule has 1 unspecified atom stereocenters. The molecular formula is C16H16BrFO. The highest BCUT2D eigenvalue weighted by atomic mass is 79.9. The number of halogens is 2. The lowest BCUT2D eigenvalue weighted by Crippen LogP contribution is -2.13. The minimum atomic E-state index is -0.251. The first-order valence-corrected chi connectivity index (χ1v) is 7.07. The van der Waals surface area contributed by atoms with Crippen LogP contribution in [0.25, 0.3) is 0 Å². The van der Waals surface area contributed by atoms with Gasteiger partial charge in [0.2, 0.25) is 0 Å². The van der Waals surface area contributed by atoms with E-state index in [0.717, 1.165) is 22.9 Å². The van der Waals surface area contributed by atoms with Gasteiger partial charge in [-0.2, -0.15) is 0 Å². The fourth-order valence-electron chi connectivity index (χ4n) is 2.15. The number of hydrogen-bond donors (Lipinski definition) is 1. The summed E-state index contributed by atoms with van der Waals surface area (Å²) in [6.07, 6.45) is 1.55. The van der Waals surface area contributed by atoms with Gasteiger partial charge in [0.05, 0.1) is 0 Å². The van der Waals surface area contributed by atoms with Crippen LogP contribution in [0.15, 0.2) is 53.0 Å². The molecule has 1 atom stereocenters. The Hall–Kier alpha value is -1.19. The molecule has 0 aliphatic heterocycles. The molecule has 0 spiro atoms. The van der Waals surface area contributed by atoms with E-state index in [4.69, 9.17) is 0 Å². The van der Waals surface area contributed by atoms with E-state index in [1.54, 1.807) is 6.07 Å². The van der Waals surface area contributed by atoms with Crippen LogP contribution in [0.3, 0.4) is 0 Å². The van der Waals surface area contributed by atoms with E-state index in [1.807, 2.05) is 18.2 Å². The quantitative estimate of drug-likeness (QED) is 0.882. The van der Waals surface area contributed by atoms with E-state index in [9.17, 15) is 9.50 Å². The number of aliphatic hydroxyl groups excluding tert-OH is 1. The van der Waals surface area contributed by atoms with Crippen molar-refractivity contribution in [3.05, 3.63) is 69.9 Å². The molecule has 0 aromatic heterocycles. The molecule has 0 heterocycles. The van der Waals surface area contributed by atoms with E-state index >= 15 is 0 Å². The maximum atomic E-state index is 13.0. The Morgan fingerprint density at radius 2 is 1.79 bits per heavy atom. The van der Waals surface area contributed by atoms with Crippen LogP contribution in [0.5, 0.6) is 0 Å². The monoisotopic (exact) mass is 322 g/mol. The van der Waals surface area contributed by atoms with E-state index < -0.39 is 0 Å². The summed E-state index contributed by atoms with van der Waals surface area (Å²) in [4.78, 5) is 0. The maximum absolute atomic E-state index is 13.0. The molecule has 1 nitrogen and oxygen atoms in total. The number of aliphatic hydroxyl groups is 1. The van der Waals surface area contributed by atoms with Crippen molar-refractivity contribution in [2.75, 3.05) is 6.61 Å². The highest BCUT2D eigenvalue weighted by molar-refractivity contribution is 9.10. The SMILES string of the molecule is OCC(Cc1ccccc1)Cc1ccc(F)cc1Br. The molecule has 0 radical (unpaired) electrons. The maximum Gasteiger partial charge on any atom is 0.124 e. The third kappa shape index (κ3) is 4.15. The van der Waals surface area contributed by atoms with Gasteiger partial charge in [0.15, 0.2) is 0 Å². The Bertz CT molecular complexity index is 528. The molecule has 3 heteroatoms. The average Bonchev–Trinajstić information content (AvgIpc) is 2.42. The average molecular weight is 323 g/mol. The second-order valence-corrected chi connectivity index (χ2v) is 5.53. The number of benzene rings is 2. The zero-order valence-corrected chi connectivity index (χ0v) is 12.1.